The van der Waals surface area contributed by atoms with E-state index in [0.29, 0.717) is 6.54 Å². The zero-order chi connectivity index (χ0) is 15.3. The van der Waals surface area contributed by atoms with E-state index in [4.69, 9.17) is 4.74 Å². The van der Waals surface area contributed by atoms with Crippen molar-refractivity contribution in [2.75, 3.05) is 13.7 Å². The van der Waals surface area contributed by atoms with E-state index in [9.17, 15) is 5.11 Å². The molecule has 2 aromatic rings. The van der Waals surface area contributed by atoms with Gasteiger partial charge >= 0.3 is 0 Å². The molecule has 3 heteroatoms. The second kappa shape index (κ2) is 6.74. The van der Waals surface area contributed by atoms with Gasteiger partial charge in [-0.15, -0.1) is 0 Å². The Bertz CT molecular complexity index is 549. The molecule has 0 bridgehead atoms. The zero-order valence-corrected chi connectivity index (χ0v) is 12.8. The molecule has 2 rings (SSSR count). The maximum absolute atomic E-state index is 10.6. The highest BCUT2D eigenvalue weighted by atomic mass is 16.5. The molecule has 0 amide bonds. The molecule has 0 aromatic heterocycles. The number of hydrogen-bond acceptors (Lipinski definition) is 3. The van der Waals surface area contributed by atoms with Gasteiger partial charge in [0, 0.05) is 12.6 Å². The van der Waals surface area contributed by atoms with Crippen molar-refractivity contribution in [2.24, 2.45) is 0 Å². The number of rotatable bonds is 6. The molecule has 0 saturated carbocycles. The number of nitrogens with one attached hydrogen (secondary N) is 1. The van der Waals surface area contributed by atoms with Crippen LogP contribution in [0.5, 0.6) is 5.75 Å². The molecule has 0 saturated heterocycles. The SMILES string of the molecule is COc1ccc([C@H](C)NCC(C)(O)c2ccccc2)cc1. The first kappa shape index (κ1) is 15.5. The van der Waals surface area contributed by atoms with E-state index < -0.39 is 5.60 Å². The fourth-order valence-electron chi connectivity index (χ4n) is 2.26. The maximum atomic E-state index is 10.6. The molecule has 0 aliphatic heterocycles. The summed E-state index contributed by atoms with van der Waals surface area (Å²) in [6.07, 6.45) is 0. The Kier molecular flexibility index (Phi) is 4.99. The normalized spacial score (nSPS) is 15.2. The standard InChI is InChI=1S/C18H23NO2/c1-14(15-9-11-17(21-3)12-10-15)19-13-18(2,20)16-7-5-4-6-8-16/h4-12,14,19-20H,13H2,1-3H3/t14-,18?/m0/s1. The van der Waals surface area contributed by atoms with Gasteiger partial charge in [-0.05, 0) is 37.1 Å². The lowest BCUT2D eigenvalue weighted by molar-refractivity contribution is 0.0543. The third kappa shape index (κ3) is 4.06. The molecule has 21 heavy (non-hydrogen) atoms. The minimum absolute atomic E-state index is 0.158. The van der Waals surface area contributed by atoms with E-state index in [2.05, 4.69) is 12.2 Å². The van der Waals surface area contributed by atoms with Crippen LogP contribution in [0.4, 0.5) is 0 Å². The average molecular weight is 285 g/mol. The van der Waals surface area contributed by atoms with Crippen LogP contribution in [0.3, 0.4) is 0 Å². The minimum Gasteiger partial charge on any atom is -0.497 e. The quantitative estimate of drug-likeness (QED) is 0.856. The third-order valence-electron chi connectivity index (χ3n) is 3.76. The summed E-state index contributed by atoms with van der Waals surface area (Å²) in [7, 11) is 1.66. The smallest absolute Gasteiger partial charge is 0.118 e. The van der Waals surface area contributed by atoms with Crippen molar-refractivity contribution in [2.45, 2.75) is 25.5 Å². The molecule has 0 heterocycles. The lowest BCUT2D eigenvalue weighted by Crippen LogP contribution is -2.36. The van der Waals surface area contributed by atoms with Crippen LogP contribution >= 0.6 is 0 Å². The molecular formula is C18H23NO2. The third-order valence-corrected chi connectivity index (χ3v) is 3.76. The summed E-state index contributed by atoms with van der Waals surface area (Å²) in [5.74, 6) is 0.849. The Morgan fingerprint density at radius 1 is 1.10 bits per heavy atom. The highest BCUT2D eigenvalue weighted by Crippen LogP contribution is 2.22. The Morgan fingerprint density at radius 2 is 1.71 bits per heavy atom. The molecule has 2 N–H and O–H groups in total. The molecule has 0 radical (unpaired) electrons. The first-order chi connectivity index (χ1) is 10.0. The Balaban J connectivity index is 1.98. The number of benzene rings is 2. The van der Waals surface area contributed by atoms with Gasteiger partial charge in [0.2, 0.25) is 0 Å². The van der Waals surface area contributed by atoms with Gasteiger partial charge in [0.25, 0.3) is 0 Å². The molecule has 0 fully saturated rings. The van der Waals surface area contributed by atoms with Crippen LogP contribution in [-0.2, 0) is 5.60 Å². The van der Waals surface area contributed by atoms with Crippen molar-refractivity contribution >= 4 is 0 Å². The van der Waals surface area contributed by atoms with Gasteiger partial charge in [0.1, 0.15) is 5.75 Å². The van der Waals surface area contributed by atoms with Crippen LogP contribution in [0.2, 0.25) is 0 Å². The second-order valence-corrected chi connectivity index (χ2v) is 5.52. The highest BCUT2D eigenvalue weighted by Gasteiger charge is 2.23. The molecule has 0 aliphatic carbocycles. The first-order valence-corrected chi connectivity index (χ1v) is 7.18. The highest BCUT2D eigenvalue weighted by molar-refractivity contribution is 5.29. The van der Waals surface area contributed by atoms with Crippen molar-refractivity contribution in [1.82, 2.24) is 5.32 Å². The molecule has 0 aliphatic rings. The summed E-state index contributed by atoms with van der Waals surface area (Å²) in [5, 5.41) is 14.0. The van der Waals surface area contributed by atoms with Crippen molar-refractivity contribution in [3.63, 3.8) is 0 Å². The first-order valence-electron chi connectivity index (χ1n) is 7.18. The Hall–Kier alpha value is -1.84. The van der Waals surface area contributed by atoms with Crippen LogP contribution in [0.25, 0.3) is 0 Å². The van der Waals surface area contributed by atoms with Crippen LogP contribution in [0.15, 0.2) is 54.6 Å². The molecule has 0 spiro atoms. The van der Waals surface area contributed by atoms with Gasteiger partial charge in [-0.2, -0.15) is 0 Å². The Morgan fingerprint density at radius 3 is 2.29 bits per heavy atom. The zero-order valence-electron chi connectivity index (χ0n) is 12.8. The van der Waals surface area contributed by atoms with Crippen molar-refractivity contribution in [3.05, 3.63) is 65.7 Å². The fraction of sp³-hybridized carbons (Fsp3) is 0.333. The lowest BCUT2D eigenvalue weighted by Gasteiger charge is -2.26. The lowest BCUT2D eigenvalue weighted by atomic mass is 9.95. The van der Waals surface area contributed by atoms with E-state index in [1.165, 1.54) is 5.56 Å². The summed E-state index contributed by atoms with van der Waals surface area (Å²) in [6.45, 7) is 4.41. The van der Waals surface area contributed by atoms with Crippen LogP contribution in [0, 0.1) is 0 Å². The van der Waals surface area contributed by atoms with E-state index >= 15 is 0 Å². The van der Waals surface area contributed by atoms with Gasteiger partial charge in [-0.3, -0.25) is 0 Å². The summed E-state index contributed by atoms with van der Waals surface area (Å²) >= 11 is 0. The molecule has 2 atom stereocenters. The molecule has 112 valence electrons. The number of aliphatic hydroxyl groups is 1. The number of methoxy groups -OCH3 is 1. The molecule has 3 nitrogen and oxygen atoms in total. The summed E-state index contributed by atoms with van der Waals surface area (Å²) in [5.41, 5.74) is 1.20. The predicted molar refractivity (Wildman–Crippen MR) is 85.4 cm³/mol. The second-order valence-electron chi connectivity index (χ2n) is 5.52. The molecule has 1 unspecified atom stereocenters. The van der Waals surface area contributed by atoms with E-state index in [-0.39, 0.29) is 6.04 Å². The predicted octanol–water partition coefficient (Wildman–Crippen LogP) is 3.25. The van der Waals surface area contributed by atoms with Crippen LogP contribution in [-0.4, -0.2) is 18.8 Å². The number of hydrogen-bond donors (Lipinski definition) is 2. The summed E-state index contributed by atoms with van der Waals surface area (Å²) < 4.78 is 5.16. The molecular weight excluding hydrogens is 262 g/mol. The van der Waals surface area contributed by atoms with Gasteiger partial charge in [-0.1, -0.05) is 42.5 Å². The fourth-order valence-corrected chi connectivity index (χ4v) is 2.26. The van der Waals surface area contributed by atoms with Crippen molar-refractivity contribution in [3.8, 4) is 5.75 Å². The minimum atomic E-state index is -0.887. The van der Waals surface area contributed by atoms with E-state index in [1.54, 1.807) is 7.11 Å². The Labute approximate surface area is 126 Å². The van der Waals surface area contributed by atoms with Crippen molar-refractivity contribution in [1.29, 1.82) is 0 Å². The van der Waals surface area contributed by atoms with Crippen LogP contribution in [0.1, 0.15) is 31.0 Å². The van der Waals surface area contributed by atoms with Crippen LogP contribution < -0.4 is 10.1 Å². The number of ether oxygens (including phenoxy) is 1. The largest absolute Gasteiger partial charge is 0.497 e. The van der Waals surface area contributed by atoms with E-state index in [0.717, 1.165) is 11.3 Å². The van der Waals surface area contributed by atoms with Gasteiger partial charge < -0.3 is 15.2 Å². The van der Waals surface area contributed by atoms with Crippen molar-refractivity contribution < 1.29 is 9.84 Å². The van der Waals surface area contributed by atoms with Gasteiger partial charge in [0.05, 0.1) is 12.7 Å². The molecule has 2 aromatic carbocycles. The van der Waals surface area contributed by atoms with Gasteiger partial charge in [-0.25, -0.2) is 0 Å². The summed E-state index contributed by atoms with van der Waals surface area (Å²) in [4.78, 5) is 0. The van der Waals surface area contributed by atoms with Gasteiger partial charge in [0.15, 0.2) is 0 Å². The monoisotopic (exact) mass is 285 g/mol. The van der Waals surface area contributed by atoms with E-state index in [1.807, 2.05) is 61.5 Å². The average Bonchev–Trinajstić information content (AvgIpc) is 2.53. The maximum Gasteiger partial charge on any atom is 0.118 e. The summed E-state index contributed by atoms with van der Waals surface area (Å²) in [6, 6.07) is 17.8. The topological polar surface area (TPSA) is 41.5 Å².